The topological polar surface area (TPSA) is 29.1 Å². The fourth-order valence-corrected chi connectivity index (χ4v) is 3.23. The number of aryl methyl sites for hydroxylation is 1. The van der Waals surface area contributed by atoms with Gasteiger partial charge in [0.2, 0.25) is 5.91 Å². The van der Waals surface area contributed by atoms with E-state index in [4.69, 9.17) is 0 Å². The predicted octanol–water partition coefficient (Wildman–Crippen LogP) is 4.67. The molecule has 3 heteroatoms. The lowest BCUT2D eigenvalue weighted by Crippen LogP contribution is -2.36. The predicted molar refractivity (Wildman–Crippen MR) is 92.8 cm³/mol. The van der Waals surface area contributed by atoms with Crippen LogP contribution in [0.5, 0.6) is 0 Å². The first-order valence-corrected chi connectivity index (χ1v) is 8.44. The van der Waals surface area contributed by atoms with Crippen LogP contribution in [0.25, 0.3) is 0 Å². The van der Waals surface area contributed by atoms with Crippen molar-refractivity contribution in [2.45, 2.75) is 38.1 Å². The number of rotatable bonds is 4. The molecule has 1 aliphatic rings. The van der Waals surface area contributed by atoms with Gasteiger partial charge in [-0.25, -0.2) is 0 Å². The molecule has 0 radical (unpaired) electrons. The molecule has 22 heavy (non-hydrogen) atoms. The average molecular weight is 358 g/mol. The number of nitrogens with one attached hydrogen (secondary N) is 1. The molecule has 3 rings (SSSR count). The van der Waals surface area contributed by atoms with E-state index in [9.17, 15) is 4.79 Å². The monoisotopic (exact) mass is 357 g/mol. The summed E-state index contributed by atoms with van der Waals surface area (Å²) >= 11 is 3.49. The summed E-state index contributed by atoms with van der Waals surface area (Å²) in [6, 6.07) is 16.5. The van der Waals surface area contributed by atoms with E-state index in [1.54, 1.807) is 0 Å². The fourth-order valence-electron chi connectivity index (χ4n) is 2.83. The largest absolute Gasteiger partial charge is 0.349 e. The first-order chi connectivity index (χ1) is 10.5. The van der Waals surface area contributed by atoms with Gasteiger partial charge in [-0.05, 0) is 49.9 Å². The second-order valence-corrected chi connectivity index (χ2v) is 7.11. The molecule has 1 fully saturated rings. The highest BCUT2D eigenvalue weighted by molar-refractivity contribution is 9.10. The number of hydrogen-bond donors (Lipinski definition) is 1. The molecule has 0 bridgehead atoms. The summed E-state index contributed by atoms with van der Waals surface area (Å²) in [6.45, 7) is 4.11. The third-order valence-electron chi connectivity index (χ3n) is 4.49. The molecule has 1 N–H and O–H groups in total. The molecule has 114 valence electrons. The Balaban J connectivity index is 1.75. The highest BCUT2D eigenvalue weighted by Gasteiger charge is 2.51. The van der Waals surface area contributed by atoms with E-state index in [1.807, 2.05) is 25.1 Å². The molecule has 0 aromatic heterocycles. The smallest absolute Gasteiger partial charge is 0.231 e. The summed E-state index contributed by atoms with van der Waals surface area (Å²) in [5.41, 5.74) is 3.15. The van der Waals surface area contributed by atoms with Crippen LogP contribution in [0, 0.1) is 6.92 Å². The van der Waals surface area contributed by atoms with Gasteiger partial charge in [0.25, 0.3) is 0 Å². The minimum absolute atomic E-state index is 0.0257. The van der Waals surface area contributed by atoms with Crippen molar-refractivity contribution >= 4 is 21.8 Å². The van der Waals surface area contributed by atoms with Crippen LogP contribution in [0.2, 0.25) is 0 Å². The van der Waals surface area contributed by atoms with Crippen molar-refractivity contribution in [1.29, 1.82) is 0 Å². The normalized spacial score (nSPS) is 16.9. The van der Waals surface area contributed by atoms with Crippen LogP contribution >= 0.6 is 15.9 Å². The van der Waals surface area contributed by atoms with E-state index in [2.05, 4.69) is 58.5 Å². The Kier molecular flexibility index (Phi) is 4.09. The summed E-state index contributed by atoms with van der Waals surface area (Å²) in [7, 11) is 0. The Morgan fingerprint density at radius 3 is 2.45 bits per heavy atom. The number of benzene rings is 2. The Labute approximate surface area is 140 Å². The molecule has 1 saturated carbocycles. The van der Waals surface area contributed by atoms with Crippen LogP contribution < -0.4 is 5.32 Å². The number of hydrogen-bond acceptors (Lipinski definition) is 1. The second-order valence-electron chi connectivity index (χ2n) is 6.20. The SMILES string of the molecule is Cc1ccc(C(C)NC(=O)C2(c3cccc(Br)c3)CC2)cc1. The van der Waals surface area contributed by atoms with Crippen molar-refractivity contribution in [2.24, 2.45) is 0 Å². The van der Waals surface area contributed by atoms with Crippen LogP contribution in [0.1, 0.15) is 42.5 Å². The highest BCUT2D eigenvalue weighted by atomic mass is 79.9. The van der Waals surface area contributed by atoms with E-state index >= 15 is 0 Å². The zero-order chi connectivity index (χ0) is 15.7. The molecule has 1 aliphatic carbocycles. The van der Waals surface area contributed by atoms with Gasteiger partial charge in [0.1, 0.15) is 0 Å². The van der Waals surface area contributed by atoms with E-state index in [0.29, 0.717) is 0 Å². The van der Waals surface area contributed by atoms with Crippen LogP contribution in [0.4, 0.5) is 0 Å². The second kappa shape index (κ2) is 5.88. The summed E-state index contributed by atoms with van der Waals surface area (Å²) < 4.78 is 1.02. The first-order valence-electron chi connectivity index (χ1n) is 7.65. The number of carbonyl (C=O) groups excluding carboxylic acids is 1. The van der Waals surface area contributed by atoms with Crippen LogP contribution in [0.15, 0.2) is 53.0 Å². The standard InChI is InChI=1S/C19H20BrNO/c1-13-6-8-15(9-7-13)14(2)21-18(22)19(10-11-19)16-4-3-5-17(20)12-16/h3-9,12,14H,10-11H2,1-2H3,(H,21,22). The first kappa shape index (κ1) is 15.3. The van der Waals surface area contributed by atoms with Gasteiger partial charge in [0.15, 0.2) is 0 Å². The van der Waals surface area contributed by atoms with Crippen LogP contribution in [-0.4, -0.2) is 5.91 Å². The molecular weight excluding hydrogens is 338 g/mol. The lowest BCUT2D eigenvalue weighted by atomic mass is 9.94. The maximum absolute atomic E-state index is 12.8. The van der Waals surface area contributed by atoms with Gasteiger partial charge >= 0.3 is 0 Å². The number of amides is 1. The Hall–Kier alpha value is -1.61. The maximum Gasteiger partial charge on any atom is 0.231 e. The summed E-state index contributed by atoms with van der Waals surface area (Å²) in [4.78, 5) is 12.8. The van der Waals surface area contributed by atoms with E-state index in [1.165, 1.54) is 5.56 Å². The molecule has 0 heterocycles. The molecule has 0 saturated heterocycles. The van der Waals surface area contributed by atoms with Gasteiger partial charge in [-0.3, -0.25) is 4.79 Å². The molecule has 0 aliphatic heterocycles. The molecular formula is C19H20BrNO. The quantitative estimate of drug-likeness (QED) is 0.846. The molecule has 0 spiro atoms. The lowest BCUT2D eigenvalue weighted by molar-refractivity contribution is -0.124. The third-order valence-corrected chi connectivity index (χ3v) is 4.98. The van der Waals surface area contributed by atoms with Crippen molar-refractivity contribution in [1.82, 2.24) is 5.32 Å². The molecule has 2 aromatic rings. The molecule has 2 aromatic carbocycles. The summed E-state index contributed by atoms with van der Waals surface area (Å²) in [6.07, 6.45) is 1.85. The molecule has 2 nitrogen and oxygen atoms in total. The van der Waals surface area contributed by atoms with Gasteiger partial charge in [-0.1, -0.05) is 57.9 Å². The molecule has 1 unspecified atom stereocenters. The minimum atomic E-state index is -0.331. The molecule has 1 atom stereocenters. The minimum Gasteiger partial charge on any atom is -0.349 e. The lowest BCUT2D eigenvalue weighted by Gasteiger charge is -2.20. The van der Waals surface area contributed by atoms with E-state index in [0.717, 1.165) is 28.4 Å². The van der Waals surface area contributed by atoms with Crippen LogP contribution in [-0.2, 0) is 10.2 Å². The Morgan fingerprint density at radius 1 is 1.18 bits per heavy atom. The van der Waals surface area contributed by atoms with Gasteiger partial charge in [0.05, 0.1) is 11.5 Å². The van der Waals surface area contributed by atoms with Crippen molar-refractivity contribution in [3.63, 3.8) is 0 Å². The molecule has 1 amide bonds. The zero-order valence-electron chi connectivity index (χ0n) is 12.9. The van der Waals surface area contributed by atoms with Gasteiger partial charge in [-0.2, -0.15) is 0 Å². The van der Waals surface area contributed by atoms with Crippen LogP contribution in [0.3, 0.4) is 0 Å². The zero-order valence-corrected chi connectivity index (χ0v) is 14.5. The Bertz CT molecular complexity index is 689. The number of carbonyl (C=O) groups is 1. The highest BCUT2D eigenvalue weighted by Crippen LogP contribution is 2.49. The van der Waals surface area contributed by atoms with Gasteiger partial charge < -0.3 is 5.32 Å². The van der Waals surface area contributed by atoms with Crippen molar-refractivity contribution in [3.05, 3.63) is 69.7 Å². The summed E-state index contributed by atoms with van der Waals surface area (Å²) in [5, 5.41) is 3.18. The fraction of sp³-hybridized carbons (Fsp3) is 0.316. The van der Waals surface area contributed by atoms with Gasteiger partial charge in [-0.15, -0.1) is 0 Å². The van der Waals surface area contributed by atoms with E-state index in [-0.39, 0.29) is 17.4 Å². The van der Waals surface area contributed by atoms with E-state index < -0.39 is 0 Å². The average Bonchev–Trinajstić information content (AvgIpc) is 3.29. The summed E-state index contributed by atoms with van der Waals surface area (Å²) in [5.74, 6) is 0.138. The van der Waals surface area contributed by atoms with Crippen molar-refractivity contribution in [3.8, 4) is 0 Å². The van der Waals surface area contributed by atoms with Crippen molar-refractivity contribution < 1.29 is 4.79 Å². The Morgan fingerprint density at radius 2 is 1.86 bits per heavy atom. The van der Waals surface area contributed by atoms with Gasteiger partial charge in [0, 0.05) is 4.47 Å². The third kappa shape index (κ3) is 2.95. The number of halogens is 1. The van der Waals surface area contributed by atoms with Crippen molar-refractivity contribution in [2.75, 3.05) is 0 Å². The maximum atomic E-state index is 12.8.